The summed E-state index contributed by atoms with van der Waals surface area (Å²) >= 11 is 1.60. The standard InChI is InChI=1S/C27H45N3O4S/c1-8-10-14-18-28-24(31)23(21-15-12-11-13-16-21)30(20(3)9-2)25(32)22(17-19-35-7)29-26(33)34-27(4,5)6/h11-13,15-16,20,22-23H,8-10,14,17-19H2,1-7H3,(H,28,31)(H,29,33). The van der Waals surface area contributed by atoms with Gasteiger partial charge in [0.25, 0.3) is 0 Å². The minimum atomic E-state index is -0.801. The highest BCUT2D eigenvalue weighted by Crippen LogP contribution is 2.27. The minimum Gasteiger partial charge on any atom is -0.444 e. The molecular weight excluding hydrogens is 462 g/mol. The fourth-order valence-electron chi connectivity index (χ4n) is 3.68. The summed E-state index contributed by atoms with van der Waals surface area (Å²) in [6, 6.07) is 7.57. The van der Waals surface area contributed by atoms with Crippen LogP contribution in [0.15, 0.2) is 30.3 Å². The summed E-state index contributed by atoms with van der Waals surface area (Å²) < 4.78 is 5.43. The van der Waals surface area contributed by atoms with Gasteiger partial charge in [0.2, 0.25) is 11.8 Å². The van der Waals surface area contributed by atoms with Crippen molar-refractivity contribution in [2.24, 2.45) is 0 Å². The number of hydrogen-bond acceptors (Lipinski definition) is 5. The van der Waals surface area contributed by atoms with Crippen molar-refractivity contribution in [1.29, 1.82) is 0 Å². The zero-order valence-corrected chi connectivity index (χ0v) is 23.4. The Morgan fingerprint density at radius 2 is 1.74 bits per heavy atom. The van der Waals surface area contributed by atoms with Crippen LogP contribution in [0, 0.1) is 0 Å². The molecule has 0 heterocycles. The number of thioether (sulfide) groups is 1. The van der Waals surface area contributed by atoms with Crippen molar-refractivity contribution in [2.75, 3.05) is 18.6 Å². The number of rotatable bonds is 14. The molecule has 0 saturated heterocycles. The molecule has 0 fully saturated rings. The maximum absolute atomic E-state index is 14.0. The van der Waals surface area contributed by atoms with Crippen molar-refractivity contribution >= 4 is 29.7 Å². The van der Waals surface area contributed by atoms with Gasteiger partial charge in [0.05, 0.1) is 0 Å². The Balaban J connectivity index is 3.34. The van der Waals surface area contributed by atoms with Gasteiger partial charge in [0, 0.05) is 12.6 Å². The van der Waals surface area contributed by atoms with E-state index >= 15 is 0 Å². The van der Waals surface area contributed by atoms with E-state index in [-0.39, 0.29) is 17.9 Å². The van der Waals surface area contributed by atoms with Crippen LogP contribution < -0.4 is 10.6 Å². The minimum absolute atomic E-state index is 0.207. The molecule has 0 spiro atoms. The maximum atomic E-state index is 14.0. The first-order valence-corrected chi connectivity index (χ1v) is 14.1. The van der Waals surface area contributed by atoms with E-state index in [2.05, 4.69) is 17.6 Å². The van der Waals surface area contributed by atoms with Crippen LogP contribution in [0.5, 0.6) is 0 Å². The lowest BCUT2D eigenvalue weighted by molar-refractivity contribution is -0.145. The molecule has 0 bridgehead atoms. The van der Waals surface area contributed by atoms with Gasteiger partial charge >= 0.3 is 6.09 Å². The third-order valence-electron chi connectivity index (χ3n) is 5.64. The maximum Gasteiger partial charge on any atom is 0.408 e. The summed E-state index contributed by atoms with van der Waals surface area (Å²) in [5, 5.41) is 5.81. The molecule has 35 heavy (non-hydrogen) atoms. The summed E-state index contributed by atoms with van der Waals surface area (Å²) in [6.07, 6.45) is 5.40. The average molecular weight is 508 g/mol. The Morgan fingerprint density at radius 1 is 1.09 bits per heavy atom. The first kappa shape index (κ1) is 30.8. The van der Waals surface area contributed by atoms with Crippen molar-refractivity contribution in [3.05, 3.63) is 35.9 Å². The second kappa shape index (κ2) is 15.7. The van der Waals surface area contributed by atoms with E-state index in [1.165, 1.54) is 0 Å². The molecule has 3 amide bonds. The Bertz CT molecular complexity index is 782. The van der Waals surface area contributed by atoms with Crippen LogP contribution in [0.1, 0.15) is 85.3 Å². The predicted molar refractivity (Wildman–Crippen MR) is 144 cm³/mol. The Morgan fingerprint density at radius 3 is 2.29 bits per heavy atom. The van der Waals surface area contributed by atoms with Crippen molar-refractivity contribution in [1.82, 2.24) is 15.5 Å². The van der Waals surface area contributed by atoms with E-state index in [1.807, 2.05) is 50.4 Å². The lowest BCUT2D eigenvalue weighted by Gasteiger charge is -2.38. The molecule has 0 aliphatic carbocycles. The number of unbranched alkanes of at least 4 members (excludes halogenated alkanes) is 2. The topological polar surface area (TPSA) is 87.7 Å². The van der Waals surface area contributed by atoms with E-state index in [1.54, 1.807) is 37.4 Å². The molecule has 3 atom stereocenters. The Hall–Kier alpha value is -2.22. The predicted octanol–water partition coefficient (Wildman–Crippen LogP) is 5.31. The third kappa shape index (κ3) is 10.9. The van der Waals surface area contributed by atoms with E-state index in [0.29, 0.717) is 25.1 Å². The van der Waals surface area contributed by atoms with Gasteiger partial charge in [-0.05, 0) is 64.5 Å². The van der Waals surface area contributed by atoms with Gasteiger partial charge in [-0.25, -0.2) is 4.79 Å². The monoisotopic (exact) mass is 507 g/mol. The average Bonchev–Trinajstić information content (AvgIpc) is 2.81. The SMILES string of the molecule is CCCCCNC(=O)C(c1ccccc1)N(C(=O)C(CCSC)NC(=O)OC(C)(C)C)C(C)CC. The number of nitrogens with one attached hydrogen (secondary N) is 2. The van der Waals surface area contributed by atoms with Gasteiger partial charge in [-0.2, -0.15) is 11.8 Å². The number of carbonyl (C=O) groups excluding carboxylic acids is 3. The van der Waals surface area contributed by atoms with E-state index in [0.717, 1.165) is 24.8 Å². The van der Waals surface area contributed by atoms with Crippen LogP contribution in [-0.2, 0) is 14.3 Å². The number of amides is 3. The number of benzene rings is 1. The lowest BCUT2D eigenvalue weighted by Crippen LogP contribution is -2.55. The van der Waals surface area contributed by atoms with Crippen molar-refractivity contribution < 1.29 is 19.1 Å². The summed E-state index contributed by atoms with van der Waals surface area (Å²) in [6.45, 7) is 12.0. The Kier molecular flexibility index (Phi) is 13.8. The van der Waals surface area contributed by atoms with Crippen molar-refractivity contribution in [3.8, 4) is 0 Å². The molecule has 0 aliphatic heterocycles. The van der Waals surface area contributed by atoms with Crippen LogP contribution in [-0.4, -0.2) is 59.0 Å². The summed E-state index contributed by atoms with van der Waals surface area (Å²) in [4.78, 5) is 41.7. The molecule has 0 aliphatic rings. The molecule has 1 aromatic carbocycles. The number of nitrogens with zero attached hydrogens (tertiary/aromatic N) is 1. The van der Waals surface area contributed by atoms with E-state index < -0.39 is 23.8 Å². The fraction of sp³-hybridized carbons (Fsp3) is 0.667. The molecule has 1 rings (SSSR count). The molecule has 3 unspecified atom stereocenters. The first-order valence-electron chi connectivity index (χ1n) is 12.7. The van der Waals surface area contributed by atoms with Crippen LogP contribution >= 0.6 is 11.8 Å². The number of ether oxygens (including phenoxy) is 1. The molecule has 0 saturated carbocycles. The van der Waals surface area contributed by atoms with Crippen LogP contribution in [0.2, 0.25) is 0 Å². The lowest BCUT2D eigenvalue weighted by atomic mass is 9.99. The second-order valence-electron chi connectivity index (χ2n) is 9.79. The highest BCUT2D eigenvalue weighted by Gasteiger charge is 2.38. The van der Waals surface area contributed by atoms with Crippen LogP contribution in [0.3, 0.4) is 0 Å². The highest BCUT2D eigenvalue weighted by atomic mass is 32.2. The molecule has 0 aromatic heterocycles. The molecule has 0 radical (unpaired) electrons. The summed E-state index contributed by atoms with van der Waals surface area (Å²) in [5.74, 6) is 0.193. The first-order chi connectivity index (χ1) is 16.6. The van der Waals surface area contributed by atoms with Gasteiger partial charge in [0.1, 0.15) is 17.7 Å². The zero-order chi connectivity index (χ0) is 26.4. The zero-order valence-electron chi connectivity index (χ0n) is 22.6. The molecule has 8 heteroatoms. The quantitative estimate of drug-likeness (QED) is 0.333. The summed E-state index contributed by atoms with van der Waals surface area (Å²) in [7, 11) is 0. The third-order valence-corrected chi connectivity index (χ3v) is 6.29. The fourth-order valence-corrected chi connectivity index (χ4v) is 4.15. The molecular formula is C27H45N3O4S. The largest absolute Gasteiger partial charge is 0.444 e. The normalized spacial score (nSPS) is 13.9. The highest BCUT2D eigenvalue weighted by molar-refractivity contribution is 7.98. The summed E-state index contributed by atoms with van der Waals surface area (Å²) in [5.41, 5.74) is 0.0634. The van der Waals surface area contributed by atoms with Crippen LogP contribution in [0.4, 0.5) is 4.79 Å². The van der Waals surface area contributed by atoms with Gasteiger partial charge in [0.15, 0.2) is 0 Å². The van der Waals surface area contributed by atoms with Gasteiger partial charge in [-0.1, -0.05) is 57.0 Å². The molecule has 7 nitrogen and oxygen atoms in total. The smallest absolute Gasteiger partial charge is 0.408 e. The van der Waals surface area contributed by atoms with Gasteiger partial charge in [-0.3, -0.25) is 9.59 Å². The van der Waals surface area contributed by atoms with Crippen molar-refractivity contribution in [3.63, 3.8) is 0 Å². The molecule has 1 aromatic rings. The van der Waals surface area contributed by atoms with Gasteiger partial charge in [-0.15, -0.1) is 0 Å². The number of alkyl carbamates (subject to hydrolysis) is 1. The molecule has 198 valence electrons. The van der Waals surface area contributed by atoms with Crippen molar-refractivity contribution in [2.45, 2.75) is 97.4 Å². The number of carbonyl (C=O) groups is 3. The second-order valence-corrected chi connectivity index (χ2v) is 10.8. The van der Waals surface area contributed by atoms with E-state index in [4.69, 9.17) is 4.74 Å². The van der Waals surface area contributed by atoms with Gasteiger partial charge < -0.3 is 20.3 Å². The Labute approximate surface area is 216 Å². The van der Waals surface area contributed by atoms with E-state index in [9.17, 15) is 14.4 Å². The van der Waals surface area contributed by atoms with Crippen LogP contribution in [0.25, 0.3) is 0 Å². The molecule has 2 N–H and O–H groups in total. The number of hydrogen-bond donors (Lipinski definition) is 2.